The standard InChI is InChI=1S/C16H13BrClNO4/c1-22-15(20)11-7-12(17)14(13(18)8-11)19-16(21)23-9-10-5-3-2-4-6-10/h2-8H,9H2,1H3,(H,19,21). The molecule has 1 N–H and O–H groups in total. The lowest BCUT2D eigenvalue weighted by atomic mass is 10.2. The first-order valence-corrected chi connectivity index (χ1v) is 7.73. The molecular weight excluding hydrogens is 386 g/mol. The van der Waals surface area contributed by atoms with Crippen molar-refractivity contribution >= 4 is 45.3 Å². The number of benzene rings is 2. The van der Waals surface area contributed by atoms with E-state index in [0.29, 0.717) is 10.2 Å². The van der Waals surface area contributed by atoms with E-state index in [9.17, 15) is 9.59 Å². The van der Waals surface area contributed by atoms with E-state index >= 15 is 0 Å². The van der Waals surface area contributed by atoms with Crippen LogP contribution in [-0.2, 0) is 16.1 Å². The molecule has 0 heterocycles. The summed E-state index contributed by atoms with van der Waals surface area (Å²) in [5.74, 6) is -0.522. The molecule has 0 bridgehead atoms. The van der Waals surface area contributed by atoms with Crippen molar-refractivity contribution in [1.82, 2.24) is 0 Å². The molecular formula is C16H13BrClNO4. The molecule has 0 spiro atoms. The molecule has 0 aromatic heterocycles. The Bertz CT molecular complexity index is 698. The summed E-state index contributed by atoms with van der Waals surface area (Å²) in [7, 11) is 1.28. The highest BCUT2D eigenvalue weighted by Crippen LogP contribution is 2.32. The summed E-state index contributed by atoms with van der Waals surface area (Å²) in [6.07, 6.45) is -0.651. The minimum absolute atomic E-state index is 0.141. The van der Waals surface area contributed by atoms with Gasteiger partial charge in [-0.25, -0.2) is 9.59 Å². The Morgan fingerprint density at radius 3 is 2.52 bits per heavy atom. The summed E-state index contributed by atoms with van der Waals surface area (Å²) in [6, 6.07) is 12.2. The summed E-state index contributed by atoms with van der Waals surface area (Å²) in [4.78, 5) is 23.4. The third kappa shape index (κ3) is 4.71. The van der Waals surface area contributed by atoms with Gasteiger partial charge in [0.1, 0.15) is 6.61 Å². The normalized spacial score (nSPS) is 10.0. The second-order valence-electron chi connectivity index (χ2n) is 4.49. The highest BCUT2D eigenvalue weighted by atomic mass is 79.9. The third-order valence-electron chi connectivity index (χ3n) is 2.90. The van der Waals surface area contributed by atoms with Crippen molar-refractivity contribution in [3.63, 3.8) is 0 Å². The zero-order chi connectivity index (χ0) is 16.8. The zero-order valence-corrected chi connectivity index (χ0v) is 14.5. The predicted octanol–water partition coefficient (Wildman–Crippen LogP) is 4.64. The zero-order valence-electron chi connectivity index (χ0n) is 12.1. The first kappa shape index (κ1) is 17.3. The van der Waals surface area contributed by atoms with Gasteiger partial charge in [-0.05, 0) is 33.6 Å². The monoisotopic (exact) mass is 397 g/mol. The number of carbonyl (C=O) groups excluding carboxylic acids is 2. The molecule has 0 aliphatic heterocycles. The molecule has 2 aromatic rings. The number of methoxy groups -OCH3 is 1. The minimum atomic E-state index is -0.651. The molecule has 23 heavy (non-hydrogen) atoms. The summed E-state index contributed by atoms with van der Waals surface area (Å²) in [6.45, 7) is 0.141. The summed E-state index contributed by atoms with van der Waals surface area (Å²) >= 11 is 9.35. The molecule has 0 aliphatic carbocycles. The van der Waals surface area contributed by atoms with Gasteiger partial charge in [0.15, 0.2) is 0 Å². The van der Waals surface area contributed by atoms with E-state index in [0.717, 1.165) is 5.56 Å². The number of halogens is 2. The van der Waals surface area contributed by atoms with Crippen molar-refractivity contribution in [2.24, 2.45) is 0 Å². The van der Waals surface area contributed by atoms with Crippen molar-refractivity contribution in [2.75, 3.05) is 12.4 Å². The maximum atomic E-state index is 11.9. The van der Waals surface area contributed by atoms with E-state index in [2.05, 4.69) is 26.0 Å². The Morgan fingerprint density at radius 1 is 1.22 bits per heavy atom. The number of carbonyl (C=O) groups is 2. The molecule has 0 aliphatic rings. The molecule has 0 unspecified atom stereocenters. The van der Waals surface area contributed by atoms with Gasteiger partial charge in [-0.1, -0.05) is 41.9 Å². The van der Waals surface area contributed by atoms with Crippen LogP contribution in [0.15, 0.2) is 46.9 Å². The van der Waals surface area contributed by atoms with Gasteiger partial charge >= 0.3 is 12.1 Å². The van der Waals surface area contributed by atoms with Crippen LogP contribution in [0.25, 0.3) is 0 Å². The molecule has 0 saturated heterocycles. The Balaban J connectivity index is 2.04. The van der Waals surface area contributed by atoms with Crippen LogP contribution in [0, 0.1) is 0 Å². The summed E-state index contributed by atoms with van der Waals surface area (Å²) < 4.78 is 10.2. The number of rotatable bonds is 4. The maximum absolute atomic E-state index is 11.9. The van der Waals surface area contributed by atoms with E-state index in [-0.39, 0.29) is 17.2 Å². The Hall–Kier alpha value is -2.05. The molecule has 2 aromatic carbocycles. The first-order chi connectivity index (χ1) is 11.0. The lowest BCUT2D eigenvalue weighted by molar-refractivity contribution is 0.0600. The highest BCUT2D eigenvalue weighted by Gasteiger charge is 2.15. The van der Waals surface area contributed by atoms with E-state index in [1.807, 2.05) is 30.3 Å². The van der Waals surface area contributed by atoms with Gasteiger partial charge in [0.25, 0.3) is 0 Å². The summed E-state index contributed by atoms with van der Waals surface area (Å²) in [5, 5.41) is 2.73. The number of hydrogen-bond acceptors (Lipinski definition) is 4. The number of amides is 1. The quantitative estimate of drug-likeness (QED) is 0.762. The van der Waals surface area contributed by atoms with Gasteiger partial charge in [-0.2, -0.15) is 0 Å². The molecule has 5 nitrogen and oxygen atoms in total. The summed E-state index contributed by atoms with van der Waals surface area (Å²) in [5.41, 5.74) is 1.46. The van der Waals surface area contributed by atoms with Gasteiger partial charge < -0.3 is 9.47 Å². The van der Waals surface area contributed by atoms with E-state index in [1.165, 1.54) is 19.2 Å². The SMILES string of the molecule is COC(=O)c1cc(Cl)c(NC(=O)OCc2ccccc2)c(Br)c1. The first-order valence-electron chi connectivity index (χ1n) is 6.56. The van der Waals surface area contributed by atoms with E-state index in [4.69, 9.17) is 16.3 Å². The number of anilines is 1. The molecule has 7 heteroatoms. The van der Waals surface area contributed by atoms with E-state index in [1.54, 1.807) is 0 Å². The topological polar surface area (TPSA) is 64.6 Å². The lowest BCUT2D eigenvalue weighted by Crippen LogP contribution is -2.14. The molecule has 0 saturated carbocycles. The van der Waals surface area contributed by atoms with Gasteiger partial charge in [-0.15, -0.1) is 0 Å². The van der Waals surface area contributed by atoms with E-state index < -0.39 is 12.1 Å². The van der Waals surface area contributed by atoms with Crippen molar-refractivity contribution in [1.29, 1.82) is 0 Å². The number of esters is 1. The minimum Gasteiger partial charge on any atom is -0.465 e. The molecule has 120 valence electrons. The van der Waals surface area contributed by atoms with Crippen LogP contribution in [0.5, 0.6) is 0 Å². The van der Waals surface area contributed by atoms with Gasteiger partial charge in [-0.3, -0.25) is 5.32 Å². The fourth-order valence-corrected chi connectivity index (χ4v) is 2.73. The average Bonchev–Trinajstić information content (AvgIpc) is 2.56. The Kier molecular flexibility index (Phi) is 6.01. The molecule has 0 atom stereocenters. The maximum Gasteiger partial charge on any atom is 0.412 e. The molecule has 1 amide bonds. The Morgan fingerprint density at radius 2 is 1.91 bits per heavy atom. The number of hydrogen-bond donors (Lipinski definition) is 1. The largest absolute Gasteiger partial charge is 0.465 e. The number of nitrogens with one attached hydrogen (secondary N) is 1. The van der Waals surface area contributed by atoms with Crippen molar-refractivity contribution in [3.8, 4) is 0 Å². The van der Waals surface area contributed by atoms with Crippen LogP contribution < -0.4 is 5.32 Å². The predicted molar refractivity (Wildman–Crippen MR) is 90.7 cm³/mol. The van der Waals surface area contributed by atoms with Crippen LogP contribution in [0.3, 0.4) is 0 Å². The smallest absolute Gasteiger partial charge is 0.412 e. The second-order valence-corrected chi connectivity index (χ2v) is 5.75. The second kappa shape index (κ2) is 7.99. The van der Waals surface area contributed by atoms with Gasteiger partial charge in [0, 0.05) is 4.47 Å². The average molecular weight is 399 g/mol. The number of ether oxygens (including phenoxy) is 2. The molecule has 2 rings (SSSR count). The molecule has 0 fully saturated rings. The van der Waals surface area contributed by atoms with Gasteiger partial charge in [0.2, 0.25) is 0 Å². The fourth-order valence-electron chi connectivity index (χ4n) is 1.79. The van der Waals surface area contributed by atoms with Crippen LogP contribution in [0.2, 0.25) is 5.02 Å². The van der Waals surface area contributed by atoms with Crippen molar-refractivity contribution in [2.45, 2.75) is 6.61 Å². The van der Waals surface area contributed by atoms with Crippen LogP contribution in [-0.4, -0.2) is 19.2 Å². The van der Waals surface area contributed by atoms with Crippen LogP contribution in [0.1, 0.15) is 15.9 Å². The highest BCUT2D eigenvalue weighted by molar-refractivity contribution is 9.10. The van der Waals surface area contributed by atoms with Crippen LogP contribution in [0.4, 0.5) is 10.5 Å². The fraction of sp³-hybridized carbons (Fsp3) is 0.125. The van der Waals surface area contributed by atoms with Crippen molar-refractivity contribution < 1.29 is 19.1 Å². The molecule has 0 radical (unpaired) electrons. The van der Waals surface area contributed by atoms with Crippen LogP contribution >= 0.6 is 27.5 Å². The van der Waals surface area contributed by atoms with Gasteiger partial charge in [0.05, 0.1) is 23.4 Å². The lowest BCUT2D eigenvalue weighted by Gasteiger charge is -2.11. The Labute approximate surface area is 146 Å². The third-order valence-corrected chi connectivity index (χ3v) is 3.83. The van der Waals surface area contributed by atoms with Crippen molar-refractivity contribution in [3.05, 3.63) is 63.1 Å².